The van der Waals surface area contributed by atoms with Crippen LogP contribution >= 0.6 is 0 Å². The van der Waals surface area contributed by atoms with Gasteiger partial charge in [0.05, 0.1) is 5.69 Å². The molecule has 1 aromatic rings. The number of nitrogens with zero attached hydrogens (tertiary/aromatic N) is 1. The third-order valence-corrected chi connectivity index (χ3v) is 3.40. The number of hydrogen-bond acceptors (Lipinski definition) is 3. The molecule has 1 amide bonds. The van der Waals surface area contributed by atoms with Gasteiger partial charge < -0.3 is 4.74 Å². The molecule has 1 aliphatic rings. The number of rotatable bonds is 1. The summed E-state index contributed by atoms with van der Waals surface area (Å²) in [7, 11) is 0. The largest absolute Gasteiger partial charge is 0.443 e. The molecule has 4 nitrogen and oxygen atoms in total. The molecule has 0 radical (unpaired) electrons. The monoisotopic (exact) mass is 275 g/mol. The molecule has 0 atom stereocenters. The van der Waals surface area contributed by atoms with Gasteiger partial charge in [-0.1, -0.05) is 12.1 Å². The fourth-order valence-corrected chi connectivity index (χ4v) is 2.52. The van der Waals surface area contributed by atoms with Crippen molar-refractivity contribution in [1.82, 2.24) is 0 Å². The van der Waals surface area contributed by atoms with Crippen molar-refractivity contribution in [1.29, 1.82) is 0 Å². The molecule has 0 saturated carbocycles. The standard InChI is InChI=1S/C16H21NO3/c1-11-13(10-18)8-7-12-6-5-9-17(14(11)12)15(19)20-16(2,3)4/h7-8,10H,5-6,9H2,1-4H3. The summed E-state index contributed by atoms with van der Waals surface area (Å²) in [5.41, 5.74) is 2.90. The molecule has 108 valence electrons. The summed E-state index contributed by atoms with van der Waals surface area (Å²) >= 11 is 0. The molecule has 0 spiro atoms. The quantitative estimate of drug-likeness (QED) is 0.737. The van der Waals surface area contributed by atoms with E-state index in [0.717, 1.165) is 35.9 Å². The van der Waals surface area contributed by atoms with Crippen molar-refractivity contribution in [2.45, 2.75) is 46.1 Å². The van der Waals surface area contributed by atoms with Gasteiger partial charge in [0.1, 0.15) is 11.9 Å². The van der Waals surface area contributed by atoms with E-state index < -0.39 is 5.60 Å². The van der Waals surface area contributed by atoms with E-state index in [2.05, 4.69) is 0 Å². The van der Waals surface area contributed by atoms with Gasteiger partial charge >= 0.3 is 6.09 Å². The lowest BCUT2D eigenvalue weighted by Gasteiger charge is -2.33. The number of aryl methyl sites for hydroxylation is 1. The van der Waals surface area contributed by atoms with Crippen molar-refractivity contribution in [3.63, 3.8) is 0 Å². The van der Waals surface area contributed by atoms with Crippen molar-refractivity contribution in [2.75, 3.05) is 11.4 Å². The smallest absolute Gasteiger partial charge is 0.414 e. The van der Waals surface area contributed by atoms with Crippen molar-refractivity contribution in [3.8, 4) is 0 Å². The number of amides is 1. The Morgan fingerprint density at radius 3 is 2.65 bits per heavy atom. The second-order valence-electron chi connectivity index (χ2n) is 6.14. The van der Waals surface area contributed by atoms with Crippen LogP contribution in [0.1, 0.15) is 48.7 Å². The van der Waals surface area contributed by atoms with Crippen LogP contribution < -0.4 is 4.90 Å². The van der Waals surface area contributed by atoms with Crippen LogP contribution in [0, 0.1) is 6.92 Å². The summed E-state index contributed by atoms with van der Waals surface area (Å²) in [4.78, 5) is 25.1. The summed E-state index contributed by atoms with van der Waals surface area (Å²) in [6.45, 7) is 8.07. The Bertz CT molecular complexity index is 543. The maximum atomic E-state index is 12.3. The zero-order valence-corrected chi connectivity index (χ0v) is 12.5. The van der Waals surface area contributed by atoms with Gasteiger partial charge in [0.2, 0.25) is 0 Å². The normalized spacial score (nSPS) is 14.7. The summed E-state index contributed by atoms with van der Waals surface area (Å²) < 4.78 is 5.46. The van der Waals surface area contributed by atoms with Crippen molar-refractivity contribution < 1.29 is 14.3 Å². The highest BCUT2D eigenvalue weighted by Crippen LogP contribution is 2.33. The highest BCUT2D eigenvalue weighted by molar-refractivity contribution is 5.93. The molecule has 0 fully saturated rings. The second kappa shape index (κ2) is 5.27. The van der Waals surface area contributed by atoms with Crippen LogP contribution in [0.2, 0.25) is 0 Å². The van der Waals surface area contributed by atoms with Gasteiger partial charge in [-0.05, 0) is 51.7 Å². The Morgan fingerprint density at radius 2 is 2.05 bits per heavy atom. The lowest BCUT2D eigenvalue weighted by atomic mass is 9.95. The van der Waals surface area contributed by atoms with Gasteiger partial charge in [0.15, 0.2) is 0 Å². The first-order chi connectivity index (χ1) is 9.33. The molecule has 1 aliphatic heterocycles. The van der Waals surface area contributed by atoms with Crippen LogP contribution in [0.15, 0.2) is 12.1 Å². The molecular weight excluding hydrogens is 254 g/mol. The highest BCUT2D eigenvalue weighted by atomic mass is 16.6. The van der Waals surface area contributed by atoms with Gasteiger partial charge in [0.25, 0.3) is 0 Å². The van der Waals surface area contributed by atoms with E-state index in [1.807, 2.05) is 39.8 Å². The van der Waals surface area contributed by atoms with Crippen LogP contribution in [0.3, 0.4) is 0 Å². The van der Waals surface area contributed by atoms with Crippen LogP contribution in [-0.2, 0) is 11.2 Å². The predicted molar refractivity (Wildman–Crippen MR) is 78.5 cm³/mol. The second-order valence-corrected chi connectivity index (χ2v) is 6.14. The molecule has 0 bridgehead atoms. The molecule has 0 saturated heterocycles. The predicted octanol–water partition coefficient (Wildman–Crippen LogP) is 3.50. The number of carbonyl (C=O) groups is 2. The Labute approximate surface area is 119 Å². The van der Waals surface area contributed by atoms with E-state index in [1.165, 1.54) is 0 Å². The first-order valence-corrected chi connectivity index (χ1v) is 6.91. The Morgan fingerprint density at radius 1 is 1.35 bits per heavy atom. The average Bonchev–Trinajstić information content (AvgIpc) is 2.36. The molecule has 0 unspecified atom stereocenters. The number of fused-ring (bicyclic) bond motifs is 1. The van der Waals surface area contributed by atoms with E-state index in [0.29, 0.717) is 12.1 Å². The van der Waals surface area contributed by atoms with Gasteiger partial charge in [-0.15, -0.1) is 0 Å². The molecule has 2 rings (SSSR count). The lowest BCUT2D eigenvalue weighted by molar-refractivity contribution is 0.0577. The van der Waals surface area contributed by atoms with Gasteiger partial charge in [-0.2, -0.15) is 0 Å². The number of hydrogen-bond donors (Lipinski definition) is 0. The van der Waals surface area contributed by atoms with E-state index >= 15 is 0 Å². The molecule has 0 aromatic heterocycles. The highest BCUT2D eigenvalue weighted by Gasteiger charge is 2.29. The summed E-state index contributed by atoms with van der Waals surface area (Å²) in [6.07, 6.45) is 2.32. The van der Waals surface area contributed by atoms with Gasteiger partial charge in [-0.3, -0.25) is 9.69 Å². The van der Waals surface area contributed by atoms with Crippen molar-refractivity contribution in [2.24, 2.45) is 0 Å². The third kappa shape index (κ3) is 2.84. The Kier molecular flexibility index (Phi) is 3.84. The van der Waals surface area contributed by atoms with Crippen LogP contribution in [0.25, 0.3) is 0 Å². The maximum absolute atomic E-state index is 12.3. The fourth-order valence-electron chi connectivity index (χ4n) is 2.52. The molecular formula is C16H21NO3. The van der Waals surface area contributed by atoms with E-state index in [4.69, 9.17) is 4.74 Å². The minimum Gasteiger partial charge on any atom is -0.443 e. The molecule has 0 N–H and O–H groups in total. The van der Waals surface area contributed by atoms with Crippen LogP contribution in [0.4, 0.5) is 10.5 Å². The first-order valence-electron chi connectivity index (χ1n) is 6.91. The zero-order chi connectivity index (χ0) is 14.9. The molecule has 1 heterocycles. The van der Waals surface area contributed by atoms with Crippen LogP contribution in [-0.4, -0.2) is 24.5 Å². The first kappa shape index (κ1) is 14.6. The number of carbonyl (C=O) groups excluding carboxylic acids is 2. The van der Waals surface area contributed by atoms with Crippen molar-refractivity contribution >= 4 is 18.1 Å². The van der Waals surface area contributed by atoms with Gasteiger partial charge in [-0.25, -0.2) is 4.79 Å². The SMILES string of the molecule is Cc1c(C=O)ccc2c1N(C(=O)OC(C)(C)C)CCC2. The fraction of sp³-hybridized carbons (Fsp3) is 0.500. The van der Waals surface area contributed by atoms with E-state index in [9.17, 15) is 9.59 Å². The van der Waals surface area contributed by atoms with Gasteiger partial charge in [0, 0.05) is 12.1 Å². The zero-order valence-electron chi connectivity index (χ0n) is 12.5. The molecule has 4 heteroatoms. The van der Waals surface area contributed by atoms with E-state index in [1.54, 1.807) is 4.90 Å². The van der Waals surface area contributed by atoms with Crippen molar-refractivity contribution in [3.05, 3.63) is 28.8 Å². The van der Waals surface area contributed by atoms with Crippen LogP contribution in [0.5, 0.6) is 0 Å². The van der Waals surface area contributed by atoms with E-state index in [-0.39, 0.29) is 6.09 Å². The third-order valence-electron chi connectivity index (χ3n) is 3.40. The minimum atomic E-state index is -0.523. The number of ether oxygens (including phenoxy) is 1. The lowest BCUT2D eigenvalue weighted by Crippen LogP contribution is -2.40. The number of anilines is 1. The average molecular weight is 275 g/mol. The number of benzene rings is 1. The molecule has 0 aliphatic carbocycles. The minimum absolute atomic E-state index is 0.343. The molecule has 20 heavy (non-hydrogen) atoms. The Hall–Kier alpha value is -1.84. The number of aldehydes is 1. The summed E-state index contributed by atoms with van der Waals surface area (Å²) in [5.74, 6) is 0. The Balaban J connectivity index is 2.41. The summed E-state index contributed by atoms with van der Waals surface area (Å²) in [6, 6.07) is 3.75. The molecule has 1 aromatic carbocycles. The topological polar surface area (TPSA) is 46.6 Å². The maximum Gasteiger partial charge on any atom is 0.414 e. The summed E-state index contributed by atoms with van der Waals surface area (Å²) in [5, 5.41) is 0.